The van der Waals surface area contributed by atoms with Crippen LogP contribution in [0, 0.1) is 6.92 Å². The highest BCUT2D eigenvalue weighted by atomic mass is 32.2. The molecular formula is C18H24N2O5S. The number of sulfonamides is 1. The summed E-state index contributed by atoms with van der Waals surface area (Å²) in [4.78, 5) is 23.4. The Labute approximate surface area is 153 Å². The summed E-state index contributed by atoms with van der Waals surface area (Å²) in [6, 6.07) is 7.59. The van der Waals surface area contributed by atoms with Crippen LogP contribution in [-0.4, -0.2) is 39.0 Å². The van der Waals surface area contributed by atoms with Gasteiger partial charge in [-0.3, -0.25) is 9.59 Å². The first-order valence-corrected chi connectivity index (χ1v) is 10.0. The minimum Gasteiger partial charge on any atom is -0.453 e. The zero-order valence-electron chi connectivity index (χ0n) is 14.9. The summed E-state index contributed by atoms with van der Waals surface area (Å²) in [6.45, 7) is 3.34. The van der Waals surface area contributed by atoms with Crippen LogP contribution in [0.4, 0.5) is 0 Å². The molecule has 1 aromatic rings. The van der Waals surface area contributed by atoms with Crippen LogP contribution in [0.1, 0.15) is 37.3 Å². The second-order valence-corrected chi connectivity index (χ2v) is 7.97. The van der Waals surface area contributed by atoms with Gasteiger partial charge in [-0.25, -0.2) is 13.1 Å². The summed E-state index contributed by atoms with van der Waals surface area (Å²) in [7, 11) is -3.66. The second kappa shape index (κ2) is 8.95. The fourth-order valence-corrected chi connectivity index (χ4v) is 2.86. The third kappa shape index (κ3) is 7.37. The Kier molecular flexibility index (Phi) is 6.93. The van der Waals surface area contributed by atoms with E-state index in [4.69, 9.17) is 4.74 Å². The molecular weight excluding hydrogens is 356 g/mol. The Morgan fingerprint density at radius 2 is 1.92 bits per heavy atom. The van der Waals surface area contributed by atoms with Crippen molar-refractivity contribution in [2.45, 2.75) is 45.3 Å². The van der Waals surface area contributed by atoms with E-state index < -0.39 is 22.1 Å². The van der Waals surface area contributed by atoms with Crippen LogP contribution in [0.3, 0.4) is 0 Å². The van der Waals surface area contributed by atoms with Gasteiger partial charge in [0.05, 0.1) is 6.42 Å². The molecule has 0 radical (unpaired) electrons. The van der Waals surface area contributed by atoms with Gasteiger partial charge >= 0.3 is 5.97 Å². The average Bonchev–Trinajstić information content (AvgIpc) is 3.38. The number of hydrogen-bond acceptors (Lipinski definition) is 5. The highest BCUT2D eigenvalue weighted by molar-refractivity contribution is 7.92. The number of nitrogens with one attached hydrogen (secondary N) is 2. The number of aryl methyl sites for hydroxylation is 1. The Morgan fingerprint density at radius 3 is 2.54 bits per heavy atom. The molecule has 1 atom stereocenters. The molecule has 0 aliphatic heterocycles. The van der Waals surface area contributed by atoms with Crippen LogP contribution >= 0.6 is 0 Å². The van der Waals surface area contributed by atoms with E-state index in [1.807, 2.05) is 31.2 Å². The number of ether oxygens (including phenoxy) is 1. The van der Waals surface area contributed by atoms with Gasteiger partial charge in [-0.05, 0) is 38.3 Å². The first-order valence-electron chi connectivity index (χ1n) is 8.49. The quantitative estimate of drug-likeness (QED) is 0.632. The van der Waals surface area contributed by atoms with Crippen molar-refractivity contribution in [3.63, 3.8) is 0 Å². The highest BCUT2D eigenvalue weighted by Gasteiger charge is 2.27. The number of esters is 1. The second-order valence-electron chi connectivity index (χ2n) is 6.32. The number of rotatable bonds is 9. The van der Waals surface area contributed by atoms with Crippen LogP contribution in [0.15, 0.2) is 29.7 Å². The average molecular weight is 380 g/mol. The van der Waals surface area contributed by atoms with E-state index in [1.54, 1.807) is 0 Å². The molecule has 1 aliphatic rings. The van der Waals surface area contributed by atoms with Gasteiger partial charge in [0, 0.05) is 18.0 Å². The molecule has 0 saturated heterocycles. The van der Waals surface area contributed by atoms with E-state index in [0.29, 0.717) is 0 Å². The van der Waals surface area contributed by atoms with Crippen LogP contribution in [0.2, 0.25) is 0 Å². The van der Waals surface area contributed by atoms with Gasteiger partial charge in [-0.1, -0.05) is 29.8 Å². The van der Waals surface area contributed by atoms with E-state index in [9.17, 15) is 18.0 Å². The van der Waals surface area contributed by atoms with Crippen molar-refractivity contribution in [1.82, 2.24) is 10.0 Å². The largest absolute Gasteiger partial charge is 0.453 e. The number of benzene rings is 1. The van der Waals surface area contributed by atoms with Gasteiger partial charge in [0.1, 0.15) is 0 Å². The molecule has 142 valence electrons. The Morgan fingerprint density at radius 1 is 1.27 bits per heavy atom. The molecule has 0 aromatic heterocycles. The van der Waals surface area contributed by atoms with Crippen molar-refractivity contribution in [1.29, 1.82) is 0 Å². The molecule has 1 amide bonds. The van der Waals surface area contributed by atoms with E-state index in [-0.39, 0.29) is 24.9 Å². The minimum absolute atomic E-state index is 0.101. The number of hydrogen-bond donors (Lipinski definition) is 2. The van der Waals surface area contributed by atoms with Crippen molar-refractivity contribution in [2.75, 3.05) is 6.54 Å². The van der Waals surface area contributed by atoms with Crippen LogP contribution in [0.5, 0.6) is 0 Å². The molecule has 7 nitrogen and oxygen atoms in total. The lowest BCUT2D eigenvalue weighted by atomic mass is 10.2. The molecule has 1 aliphatic carbocycles. The van der Waals surface area contributed by atoms with E-state index >= 15 is 0 Å². The summed E-state index contributed by atoms with van der Waals surface area (Å²) in [5.74, 6) is -0.962. The summed E-state index contributed by atoms with van der Waals surface area (Å²) in [6.07, 6.45) is 2.33. The number of carbonyl (C=O) groups excluding carboxylic acids is 2. The predicted molar refractivity (Wildman–Crippen MR) is 98.5 cm³/mol. The molecule has 26 heavy (non-hydrogen) atoms. The molecule has 0 spiro atoms. The minimum atomic E-state index is -3.66. The number of amides is 1. The maximum Gasteiger partial charge on any atom is 0.307 e. The third-order valence-corrected chi connectivity index (χ3v) is 4.85. The monoisotopic (exact) mass is 380 g/mol. The Bertz CT molecular complexity index is 767. The molecule has 1 fully saturated rings. The zero-order valence-corrected chi connectivity index (χ0v) is 15.7. The van der Waals surface area contributed by atoms with Crippen LogP contribution < -0.4 is 10.0 Å². The Hall–Kier alpha value is -2.19. The maximum absolute atomic E-state index is 11.9. The zero-order chi connectivity index (χ0) is 19.2. The molecule has 1 saturated carbocycles. The molecule has 0 unspecified atom stereocenters. The molecule has 1 aromatic carbocycles. The lowest BCUT2D eigenvalue weighted by Crippen LogP contribution is -2.37. The standard InChI is InChI=1S/C18H24N2O5S/c1-13-3-5-15(6-4-13)10-12-26(23,24)19-11-9-17(21)25-14(2)18(22)20-16-7-8-16/h3-6,10,12,14,16,19H,7-9,11H2,1-2H3,(H,20,22)/b12-10+/t14-/m0/s1. The van der Waals surface area contributed by atoms with Crippen molar-refractivity contribution in [3.05, 3.63) is 40.8 Å². The van der Waals surface area contributed by atoms with Gasteiger partial charge in [-0.15, -0.1) is 0 Å². The maximum atomic E-state index is 11.9. The van der Waals surface area contributed by atoms with Crippen molar-refractivity contribution >= 4 is 28.0 Å². The SMILES string of the molecule is Cc1ccc(/C=C/S(=O)(=O)NCCC(=O)O[C@@H](C)C(=O)NC2CC2)cc1. The highest BCUT2D eigenvalue weighted by Crippen LogP contribution is 2.18. The summed E-state index contributed by atoms with van der Waals surface area (Å²) in [5, 5.41) is 3.79. The van der Waals surface area contributed by atoms with Gasteiger partial charge in [0.2, 0.25) is 10.0 Å². The fraction of sp³-hybridized carbons (Fsp3) is 0.444. The van der Waals surface area contributed by atoms with E-state index in [0.717, 1.165) is 29.4 Å². The summed E-state index contributed by atoms with van der Waals surface area (Å²) in [5.41, 5.74) is 1.84. The normalized spacial score (nSPS) is 15.6. The van der Waals surface area contributed by atoms with E-state index in [1.165, 1.54) is 13.0 Å². The van der Waals surface area contributed by atoms with Gasteiger partial charge in [-0.2, -0.15) is 0 Å². The smallest absolute Gasteiger partial charge is 0.307 e. The molecule has 0 heterocycles. The van der Waals surface area contributed by atoms with Crippen molar-refractivity contribution in [2.24, 2.45) is 0 Å². The van der Waals surface area contributed by atoms with Gasteiger partial charge in [0.25, 0.3) is 5.91 Å². The topological polar surface area (TPSA) is 102 Å². The van der Waals surface area contributed by atoms with Crippen LogP contribution in [0.25, 0.3) is 6.08 Å². The lowest BCUT2D eigenvalue weighted by Gasteiger charge is -2.13. The molecule has 2 rings (SSSR count). The predicted octanol–water partition coefficient (Wildman–Crippen LogP) is 1.49. The first kappa shape index (κ1) is 20.1. The number of carbonyl (C=O) groups is 2. The fourth-order valence-electron chi connectivity index (χ4n) is 2.04. The van der Waals surface area contributed by atoms with Crippen molar-refractivity contribution in [3.8, 4) is 0 Å². The lowest BCUT2D eigenvalue weighted by molar-refractivity contribution is -0.154. The first-order chi connectivity index (χ1) is 12.2. The summed E-state index contributed by atoms with van der Waals surface area (Å²) < 4.78 is 31.1. The van der Waals surface area contributed by atoms with Gasteiger partial charge < -0.3 is 10.1 Å². The summed E-state index contributed by atoms with van der Waals surface area (Å²) >= 11 is 0. The molecule has 0 bridgehead atoms. The molecule has 2 N–H and O–H groups in total. The molecule has 8 heteroatoms. The Balaban J connectivity index is 1.71. The third-order valence-electron chi connectivity index (χ3n) is 3.75. The van der Waals surface area contributed by atoms with Gasteiger partial charge in [0.15, 0.2) is 6.10 Å². The van der Waals surface area contributed by atoms with E-state index in [2.05, 4.69) is 10.0 Å². The van der Waals surface area contributed by atoms with Crippen molar-refractivity contribution < 1.29 is 22.7 Å². The van der Waals surface area contributed by atoms with Crippen LogP contribution in [-0.2, 0) is 24.3 Å².